The molecule has 154 valence electrons. The first-order valence-electron chi connectivity index (χ1n) is 9.53. The Bertz CT molecular complexity index is 991. The first-order valence-corrected chi connectivity index (χ1v) is 9.53. The SMILES string of the molecule is COc1ccc(NC(=O)C(Cc2ccccc2)NC(=O)c2ccccc2)cc1OC. The molecule has 0 aliphatic carbocycles. The molecule has 3 aromatic rings. The zero-order chi connectivity index (χ0) is 21.3. The van der Waals surface area contributed by atoms with Gasteiger partial charge in [-0.1, -0.05) is 48.5 Å². The summed E-state index contributed by atoms with van der Waals surface area (Å²) in [5.41, 5.74) is 1.98. The van der Waals surface area contributed by atoms with Crippen LogP contribution < -0.4 is 20.1 Å². The maximum Gasteiger partial charge on any atom is 0.251 e. The number of hydrogen-bond donors (Lipinski definition) is 2. The molecule has 0 aliphatic heterocycles. The second-order valence-electron chi connectivity index (χ2n) is 6.64. The summed E-state index contributed by atoms with van der Waals surface area (Å²) in [4.78, 5) is 25.7. The predicted octanol–water partition coefficient (Wildman–Crippen LogP) is 3.68. The van der Waals surface area contributed by atoms with Gasteiger partial charge in [0.25, 0.3) is 5.91 Å². The summed E-state index contributed by atoms with van der Waals surface area (Å²) in [5.74, 6) is 0.436. The zero-order valence-corrected chi connectivity index (χ0v) is 16.9. The Balaban J connectivity index is 1.80. The summed E-state index contributed by atoms with van der Waals surface area (Å²) in [5, 5.41) is 5.70. The van der Waals surface area contributed by atoms with Crippen molar-refractivity contribution in [2.24, 2.45) is 0 Å². The largest absolute Gasteiger partial charge is 0.493 e. The number of ether oxygens (including phenoxy) is 2. The Morgan fingerprint density at radius 3 is 2.10 bits per heavy atom. The molecule has 1 unspecified atom stereocenters. The maximum absolute atomic E-state index is 13.0. The number of nitrogens with one attached hydrogen (secondary N) is 2. The third kappa shape index (κ3) is 5.38. The smallest absolute Gasteiger partial charge is 0.251 e. The number of benzene rings is 3. The minimum atomic E-state index is -0.756. The molecule has 0 radical (unpaired) electrons. The molecule has 6 nitrogen and oxygen atoms in total. The highest BCUT2D eigenvalue weighted by Crippen LogP contribution is 2.29. The van der Waals surface area contributed by atoms with Gasteiger partial charge in [0.1, 0.15) is 6.04 Å². The highest BCUT2D eigenvalue weighted by atomic mass is 16.5. The molecule has 0 fully saturated rings. The molecule has 0 aromatic heterocycles. The summed E-state index contributed by atoms with van der Waals surface area (Å²) in [7, 11) is 3.08. The molecule has 0 bridgehead atoms. The van der Waals surface area contributed by atoms with Gasteiger partial charge in [-0.05, 0) is 29.8 Å². The number of carbonyl (C=O) groups excluding carboxylic acids is 2. The Hall–Kier alpha value is -3.80. The Morgan fingerprint density at radius 1 is 0.833 bits per heavy atom. The molecule has 0 saturated carbocycles. The first-order chi connectivity index (χ1) is 14.6. The van der Waals surface area contributed by atoms with Gasteiger partial charge < -0.3 is 20.1 Å². The van der Waals surface area contributed by atoms with E-state index in [-0.39, 0.29) is 11.8 Å². The Labute approximate surface area is 175 Å². The lowest BCUT2D eigenvalue weighted by Gasteiger charge is -2.19. The van der Waals surface area contributed by atoms with Crippen LogP contribution in [0.3, 0.4) is 0 Å². The van der Waals surface area contributed by atoms with Crippen LogP contribution in [0.4, 0.5) is 5.69 Å². The highest BCUT2D eigenvalue weighted by molar-refractivity contribution is 6.01. The third-order valence-electron chi connectivity index (χ3n) is 4.59. The van der Waals surface area contributed by atoms with Gasteiger partial charge in [-0.2, -0.15) is 0 Å². The number of carbonyl (C=O) groups is 2. The zero-order valence-electron chi connectivity index (χ0n) is 16.9. The first kappa shape index (κ1) is 20.9. The normalized spacial score (nSPS) is 11.3. The van der Waals surface area contributed by atoms with Crippen LogP contribution in [0.25, 0.3) is 0 Å². The van der Waals surface area contributed by atoms with Crippen molar-refractivity contribution < 1.29 is 19.1 Å². The molecular formula is C24H24N2O4. The van der Waals surface area contributed by atoms with Crippen LogP contribution in [0.1, 0.15) is 15.9 Å². The molecule has 0 heterocycles. The third-order valence-corrected chi connectivity index (χ3v) is 4.59. The molecular weight excluding hydrogens is 380 g/mol. The molecule has 0 saturated heterocycles. The quantitative estimate of drug-likeness (QED) is 0.600. The van der Waals surface area contributed by atoms with E-state index in [1.165, 1.54) is 7.11 Å². The average molecular weight is 404 g/mol. The summed E-state index contributed by atoms with van der Waals surface area (Å²) in [6.07, 6.45) is 0.360. The van der Waals surface area contributed by atoms with E-state index in [1.54, 1.807) is 49.6 Å². The monoisotopic (exact) mass is 404 g/mol. The van der Waals surface area contributed by atoms with Crippen molar-refractivity contribution in [3.63, 3.8) is 0 Å². The van der Waals surface area contributed by atoms with Crippen LogP contribution in [-0.2, 0) is 11.2 Å². The molecule has 0 aliphatic rings. The fourth-order valence-corrected chi connectivity index (χ4v) is 3.03. The van der Waals surface area contributed by atoms with Gasteiger partial charge in [-0.15, -0.1) is 0 Å². The van der Waals surface area contributed by atoms with Crippen LogP contribution in [-0.4, -0.2) is 32.1 Å². The van der Waals surface area contributed by atoms with Gasteiger partial charge in [-0.3, -0.25) is 9.59 Å². The fraction of sp³-hybridized carbons (Fsp3) is 0.167. The van der Waals surface area contributed by atoms with Gasteiger partial charge >= 0.3 is 0 Å². The molecule has 1 atom stereocenters. The standard InChI is InChI=1S/C24H24N2O4/c1-29-21-14-13-19(16-22(21)30-2)25-24(28)20(15-17-9-5-3-6-10-17)26-23(27)18-11-7-4-8-12-18/h3-14,16,20H,15H2,1-2H3,(H,25,28)(H,26,27). The van der Waals surface area contributed by atoms with E-state index in [2.05, 4.69) is 10.6 Å². The van der Waals surface area contributed by atoms with Gasteiger partial charge in [0.15, 0.2) is 11.5 Å². The highest BCUT2D eigenvalue weighted by Gasteiger charge is 2.22. The number of anilines is 1. The second kappa shape index (κ2) is 10.1. The van der Waals surface area contributed by atoms with Crippen molar-refractivity contribution >= 4 is 17.5 Å². The molecule has 3 aromatic carbocycles. The fourth-order valence-electron chi connectivity index (χ4n) is 3.03. The second-order valence-corrected chi connectivity index (χ2v) is 6.64. The van der Waals surface area contributed by atoms with Crippen LogP contribution in [0.2, 0.25) is 0 Å². The minimum Gasteiger partial charge on any atom is -0.493 e. The van der Waals surface area contributed by atoms with E-state index in [0.717, 1.165) is 5.56 Å². The van der Waals surface area contributed by atoms with E-state index in [0.29, 0.717) is 29.2 Å². The van der Waals surface area contributed by atoms with E-state index in [4.69, 9.17) is 9.47 Å². The Kier molecular flexibility index (Phi) is 7.05. The summed E-state index contributed by atoms with van der Waals surface area (Å²) in [6, 6.07) is 22.7. The van der Waals surface area contributed by atoms with Gasteiger partial charge in [0, 0.05) is 23.7 Å². The van der Waals surface area contributed by atoms with Gasteiger partial charge in [-0.25, -0.2) is 0 Å². The lowest BCUT2D eigenvalue weighted by molar-refractivity contribution is -0.118. The van der Waals surface area contributed by atoms with E-state index in [1.807, 2.05) is 36.4 Å². The van der Waals surface area contributed by atoms with Crippen molar-refractivity contribution in [1.29, 1.82) is 0 Å². The summed E-state index contributed by atoms with van der Waals surface area (Å²) < 4.78 is 10.5. The number of rotatable bonds is 8. The Morgan fingerprint density at radius 2 is 1.47 bits per heavy atom. The molecule has 30 heavy (non-hydrogen) atoms. The van der Waals surface area contributed by atoms with Crippen molar-refractivity contribution in [3.05, 3.63) is 90.0 Å². The molecule has 6 heteroatoms. The number of hydrogen-bond acceptors (Lipinski definition) is 4. The van der Waals surface area contributed by atoms with E-state index >= 15 is 0 Å². The van der Waals surface area contributed by atoms with Gasteiger partial charge in [0.05, 0.1) is 14.2 Å². The molecule has 2 N–H and O–H groups in total. The van der Waals surface area contributed by atoms with E-state index in [9.17, 15) is 9.59 Å². The lowest BCUT2D eigenvalue weighted by Crippen LogP contribution is -2.45. The van der Waals surface area contributed by atoms with Gasteiger partial charge in [0.2, 0.25) is 5.91 Å². The summed E-state index contributed by atoms with van der Waals surface area (Å²) in [6.45, 7) is 0. The van der Waals surface area contributed by atoms with Crippen molar-refractivity contribution in [1.82, 2.24) is 5.32 Å². The number of amides is 2. The maximum atomic E-state index is 13.0. The van der Waals surface area contributed by atoms with Crippen LogP contribution in [0, 0.1) is 0 Å². The lowest BCUT2D eigenvalue weighted by atomic mass is 10.0. The van der Waals surface area contributed by atoms with Crippen LogP contribution in [0.15, 0.2) is 78.9 Å². The van der Waals surface area contributed by atoms with Crippen LogP contribution >= 0.6 is 0 Å². The topological polar surface area (TPSA) is 76.7 Å². The number of methoxy groups -OCH3 is 2. The minimum absolute atomic E-state index is 0.306. The van der Waals surface area contributed by atoms with Crippen molar-refractivity contribution in [2.45, 2.75) is 12.5 Å². The predicted molar refractivity (Wildman–Crippen MR) is 116 cm³/mol. The average Bonchev–Trinajstić information content (AvgIpc) is 2.79. The molecule has 3 rings (SSSR count). The molecule has 2 amide bonds. The van der Waals surface area contributed by atoms with E-state index < -0.39 is 6.04 Å². The van der Waals surface area contributed by atoms with Crippen LogP contribution in [0.5, 0.6) is 11.5 Å². The molecule has 0 spiro atoms. The van der Waals surface area contributed by atoms with Crippen molar-refractivity contribution in [3.8, 4) is 11.5 Å². The van der Waals surface area contributed by atoms with Crippen molar-refractivity contribution in [2.75, 3.05) is 19.5 Å². The summed E-state index contributed by atoms with van der Waals surface area (Å²) >= 11 is 0.